The highest BCUT2D eigenvalue weighted by Gasteiger charge is 2.67. The average Bonchev–Trinajstić information content (AvgIpc) is 3.60. The first-order valence-electron chi connectivity index (χ1n) is 16.9. The van der Waals surface area contributed by atoms with Crippen LogP contribution in [0.5, 0.6) is 5.75 Å². The molecular weight excluding hydrogens is 568 g/mol. The number of rotatable bonds is 11. The Labute approximate surface area is 266 Å². The first-order chi connectivity index (χ1) is 21.0. The van der Waals surface area contributed by atoms with Crippen LogP contribution in [0, 0.1) is 17.3 Å². The second-order valence-corrected chi connectivity index (χ2v) is 20.0. The van der Waals surface area contributed by atoms with Crippen molar-refractivity contribution < 1.29 is 28.1 Å². The Hall–Kier alpha value is -1.74. The van der Waals surface area contributed by atoms with Crippen LogP contribution < -0.4 is 4.74 Å². The fourth-order valence-corrected chi connectivity index (χ4v) is 9.44. The Kier molecular flexibility index (Phi) is 9.37. The van der Waals surface area contributed by atoms with E-state index in [1.165, 1.54) is 16.7 Å². The number of aryl methyl sites for hydroxylation is 1. The molecule has 1 aliphatic heterocycles. The molecule has 0 amide bonds. The lowest BCUT2D eigenvalue weighted by Crippen LogP contribution is -2.56. The second-order valence-electron chi connectivity index (χ2n) is 15.2. The topological polar surface area (TPSA) is 55.4 Å². The highest BCUT2D eigenvalue weighted by Crippen LogP contribution is 2.66. The highest BCUT2D eigenvalue weighted by molar-refractivity contribution is 6.74. The molecule has 0 bridgehead atoms. The smallest absolute Gasteiger partial charge is 0.192 e. The van der Waals surface area contributed by atoms with Crippen molar-refractivity contribution in [1.29, 1.82) is 0 Å². The van der Waals surface area contributed by atoms with Gasteiger partial charge in [-0.3, -0.25) is 0 Å². The summed E-state index contributed by atoms with van der Waals surface area (Å²) in [5.74, 6) is 1.96. The maximum absolute atomic E-state index is 6.82. The first-order valence-corrected chi connectivity index (χ1v) is 19.8. The molecule has 2 aromatic rings. The van der Waals surface area contributed by atoms with Crippen LogP contribution in [0.15, 0.2) is 48.5 Å². The van der Waals surface area contributed by atoms with Gasteiger partial charge < -0.3 is 28.1 Å². The molecule has 1 spiro atoms. The number of hydrogen-bond donors (Lipinski definition) is 0. The van der Waals surface area contributed by atoms with E-state index in [1.54, 1.807) is 0 Å². The Morgan fingerprint density at radius 1 is 0.932 bits per heavy atom. The van der Waals surface area contributed by atoms with Crippen LogP contribution in [0.3, 0.4) is 0 Å². The van der Waals surface area contributed by atoms with E-state index in [9.17, 15) is 0 Å². The molecule has 0 radical (unpaired) electrons. The predicted molar refractivity (Wildman–Crippen MR) is 176 cm³/mol. The number of hydrogen-bond acceptors (Lipinski definition) is 6. The third kappa shape index (κ3) is 6.17. The summed E-state index contributed by atoms with van der Waals surface area (Å²) >= 11 is 0. The molecule has 5 atom stereocenters. The summed E-state index contributed by atoms with van der Waals surface area (Å²) < 4.78 is 38.3. The standard InChI is InChI=1S/C37H54O6Si/c1-35(2,3)44(5,6)43-23-19-38-18-20-39-33-25-36(4)32(16-17-37(36)41-21-22-42-37)31-14-12-28-24-29(13-15-30(28)34(31)33)40-26-27-10-8-7-9-11-27/h7-11,13,15,24,31-34H,12,14,16-23,25-26H2,1-6H3/t31-,32-,33-,34+,36-/m0/s1. The van der Waals surface area contributed by atoms with Gasteiger partial charge in [0.05, 0.1) is 45.7 Å². The van der Waals surface area contributed by atoms with E-state index in [0.717, 1.165) is 37.9 Å². The fourth-order valence-electron chi connectivity index (χ4n) is 8.41. The maximum Gasteiger partial charge on any atom is 0.192 e. The fraction of sp³-hybridized carbons (Fsp3) is 0.676. The lowest BCUT2D eigenvalue weighted by Gasteiger charge is -2.55. The summed E-state index contributed by atoms with van der Waals surface area (Å²) in [5.41, 5.74) is 3.99. The summed E-state index contributed by atoms with van der Waals surface area (Å²) in [6.07, 6.45) is 5.42. The summed E-state index contributed by atoms with van der Waals surface area (Å²) in [5, 5.41) is 0.205. The van der Waals surface area contributed by atoms with Crippen LogP contribution in [-0.2, 0) is 36.4 Å². The van der Waals surface area contributed by atoms with E-state index in [1.807, 2.05) is 6.07 Å². The van der Waals surface area contributed by atoms with Crippen LogP contribution in [0.2, 0.25) is 18.1 Å². The molecule has 1 saturated heterocycles. The Bertz CT molecular complexity index is 1250. The summed E-state index contributed by atoms with van der Waals surface area (Å²) in [4.78, 5) is 0. The molecule has 2 aromatic carbocycles. The second kappa shape index (κ2) is 12.8. The number of benzene rings is 2. The molecule has 6 rings (SSSR count). The number of fused-ring (bicyclic) bond motifs is 6. The zero-order valence-electron chi connectivity index (χ0n) is 27.9. The van der Waals surface area contributed by atoms with Crippen LogP contribution in [0.1, 0.15) is 76.0 Å². The summed E-state index contributed by atoms with van der Waals surface area (Å²) in [7, 11) is -1.76. The SMILES string of the molecule is CC(C)(C)[Si](C)(C)OCCOCCO[C@H]1C[C@@]2(C)[C@@H](CCC23OCCO3)[C@@H]2CCc3cc(OCc4ccccc4)ccc3[C@H]21. The van der Waals surface area contributed by atoms with E-state index in [-0.39, 0.29) is 16.6 Å². The van der Waals surface area contributed by atoms with Gasteiger partial charge in [-0.2, -0.15) is 0 Å². The van der Waals surface area contributed by atoms with Crippen LogP contribution >= 0.6 is 0 Å². The zero-order chi connectivity index (χ0) is 31.0. The van der Waals surface area contributed by atoms with Crippen molar-refractivity contribution in [3.05, 3.63) is 65.2 Å². The van der Waals surface area contributed by atoms with Crippen molar-refractivity contribution in [2.45, 2.75) is 102 Å². The van der Waals surface area contributed by atoms with Gasteiger partial charge in [0.15, 0.2) is 14.1 Å². The Morgan fingerprint density at radius 3 is 2.43 bits per heavy atom. The molecule has 3 fully saturated rings. The maximum atomic E-state index is 6.82. The monoisotopic (exact) mass is 622 g/mol. The quantitative estimate of drug-likeness (QED) is 0.188. The van der Waals surface area contributed by atoms with Gasteiger partial charge in [-0.15, -0.1) is 0 Å². The molecule has 2 saturated carbocycles. The van der Waals surface area contributed by atoms with Gasteiger partial charge in [0.1, 0.15) is 12.4 Å². The van der Waals surface area contributed by atoms with Crippen LogP contribution in [0.25, 0.3) is 0 Å². The van der Waals surface area contributed by atoms with Gasteiger partial charge in [-0.05, 0) is 84.5 Å². The van der Waals surface area contributed by atoms with Crippen molar-refractivity contribution in [2.75, 3.05) is 39.6 Å². The summed E-state index contributed by atoms with van der Waals surface area (Å²) in [6.45, 7) is 18.2. The molecule has 0 N–H and O–H groups in total. The minimum absolute atomic E-state index is 0.0521. The van der Waals surface area contributed by atoms with E-state index >= 15 is 0 Å². The zero-order valence-corrected chi connectivity index (χ0v) is 28.9. The molecule has 0 unspecified atom stereocenters. The van der Waals surface area contributed by atoms with Crippen molar-refractivity contribution in [2.24, 2.45) is 17.3 Å². The van der Waals surface area contributed by atoms with Crippen LogP contribution in [-0.4, -0.2) is 59.8 Å². The van der Waals surface area contributed by atoms with Gasteiger partial charge in [-0.1, -0.05) is 64.1 Å². The molecule has 242 valence electrons. The molecule has 3 aliphatic carbocycles. The molecular formula is C37H54O6Si. The Morgan fingerprint density at radius 2 is 1.68 bits per heavy atom. The van der Waals surface area contributed by atoms with E-state index < -0.39 is 14.1 Å². The molecule has 7 heteroatoms. The normalized spacial score (nSPS) is 29.3. The van der Waals surface area contributed by atoms with Crippen molar-refractivity contribution >= 4 is 8.32 Å². The van der Waals surface area contributed by atoms with Crippen LogP contribution in [0.4, 0.5) is 0 Å². The molecule has 1 heterocycles. The number of ether oxygens (including phenoxy) is 5. The van der Waals surface area contributed by atoms with Gasteiger partial charge in [0.2, 0.25) is 0 Å². The minimum Gasteiger partial charge on any atom is -0.489 e. The largest absolute Gasteiger partial charge is 0.489 e. The molecule has 6 nitrogen and oxygen atoms in total. The third-order valence-electron chi connectivity index (χ3n) is 11.8. The van der Waals surface area contributed by atoms with E-state index in [4.69, 9.17) is 28.1 Å². The van der Waals surface area contributed by atoms with Crippen molar-refractivity contribution in [3.63, 3.8) is 0 Å². The third-order valence-corrected chi connectivity index (χ3v) is 16.3. The van der Waals surface area contributed by atoms with E-state index in [2.05, 4.69) is 83.3 Å². The van der Waals surface area contributed by atoms with Gasteiger partial charge in [0.25, 0.3) is 0 Å². The first kappa shape index (κ1) is 32.2. The predicted octanol–water partition coefficient (Wildman–Crippen LogP) is 7.90. The van der Waals surface area contributed by atoms with E-state index in [0.29, 0.717) is 64.0 Å². The van der Waals surface area contributed by atoms with Gasteiger partial charge in [0, 0.05) is 17.8 Å². The van der Waals surface area contributed by atoms with Gasteiger partial charge >= 0.3 is 0 Å². The van der Waals surface area contributed by atoms with Gasteiger partial charge in [-0.25, -0.2) is 0 Å². The lowest BCUT2D eigenvalue weighted by molar-refractivity contribution is -0.250. The Balaban J connectivity index is 1.14. The average molecular weight is 623 g/mol. The minimum atomic E-state index is -1.76. The molecule has 0 aromatic heterocycles. The molecule has 44 heavy (non-hydrogen) atoms. The van der Waals surface area contributed by atoms with Crippen molar-refractivity contribution in [3.8, 4) is 5.75 Å². The summed E-state index contributed by atoms with van der Waals surface area (Å²) in [6, 6.07) is 17.2. The highest BCUT2D eigenvalue weighted by atomic mass is 28.4. The lowest BCUT2D eigenvalue weighted by atomic mass is 9.53. The molecule has 4 aliphatic rings. The van der Waals surface area contributed by atoms with Crippen molar-refractivity contribution in [1.82, 2.24) is 0 Å².